The average molecular weight is 176 g/mol. The Morgan fingerprint density at radius 2 is 1.73 bits per heavy atom. The molecule has 1 saturated carbocycles. The summed E-state index contributed by atoms with van der Waals surface area (Å²) < 4.78 is 13.3. The highest BCUT2D eigenvalue weighted by Gasteiger charge is 2.20. The summed E-state index contributed by atoms with van der Waals surface area (Å²) in [5, 5.41) is 0.287. The number of halogens is 1. The van der Waals surface area contributed by atoms with E-state index in [1.165, 1.54) is 19.3 Å². The Bertz CT molecular complexity index is 106. The van der Waals surface area contributed by atoms with E-state index in [9.17, 15) is 4.39 Å². The molecule has 11 heavy (non-hydrogen) atoms. The monoisotopic (exact) mass is 176 g/mol. The van der Waals surface area contributed by atoms with Gasteiger partial charge < -0.3 is 0 Å². The summed E-state index contributed by atoms with van der Waals surface area (Å²) in [6.07, 6.45) is 8.24. The molecule has 0 N–H and O–H groups in total. The second kappa shape index (κ2) is 5.02. The van der Waals surface area contributed by atoms with Crippen molar-refractivity contribution < 1.29 is 4.39 Å². The molecular weight excluding hydrogens is 159 g/mol. The molecule has 2 atom stereocenters. The fourth-order valence-corrected chi connectivity index (χ4v) is 2.50. The summed E-state index contributed by atoms with van der Waals surface area (Å²) in [5.41, 5.74) is 0. The summed E-state index contributed by atoms with van der Waals surface area (Å²) in [6.45, 7) is 0. The third kappa shape index (κ3) is 3.02. The molecule has 1 rings (SSSR count). The van der Waals surface area contributed by atoms with Gasteiger partial charge in [0.15, 0.2) is 0 Å². The van der Waals surface area contributed by atoms with E-state index < -0.39 is 6.17 Å². The summed E-state index contributed by atoms with van der Waals surface area (Å²) in [4.78, 5) is 0. The lowest BCUT2D eigenvalue weighted by Gasteiger charge is -2.21. The first kappa shape index (κ1) is 9.37. The van der Waals surface area contributed by atoms with E-state index in [-0.39, 0.29) is 5.25 Å². The van der Waals surface area contributed by atoms with Crippen molar-refractivity contribution in [3.8, 4) is 0 Å². The molecule has 1 aliphatic carbocycles. The number of rotatable bonds is 1. The molecule has 0 heterocycles. The number of thioether (sulfide) groups is 1. The first-order valence-electron chi connectivity index (χ1n) is 4.51. The van der Waals surface area contributed by atoms with Crippen molar-refractivity contribution in [1.29, 1.82) is 0 Å². The summed E-state index contributed by atoms with van der Waals surface area (Å²) in [6, 6.07) is 0. The van der Waals surface area contributed by atoms with E-state index in [2.05, 4.69) is 0 Å². The van der Waals surface area contributed by atoms with Crippen LogP contribution in [0.25, 0.3) is 0 Å². The Morgan fingerprint density at radius 3 is 2.36 bits per heavy atom. The Morgan fingerprint density at radius 1 is 1.09 bits per heavy atom. The Hall–Kier alpha value is 0.280. The lowest BCUT2D eigenvalue weighted by atomic mass is 9.99. The fraction of sp³-hybridized carbons (Fsp3) is 1.00. The third-order valence-electron chi connectivity index (χ3n) is 2.42. The molecule has 0 aromatic carbocycles. The summed E-state index contributed by atoms with van der Waals surface area (Å²) >= 11 is 1.70. The third-order valence-corrected chi connectivity index (χ3v) is 3.56. The van der Waals surface area contributed by atoms with E-state index in [0.29, 0.717) is 0 Å². The Labute approximate surface area is 72.9 Å². The Kier molecular flexibility index (Phi) is 4.28. The van der Waals surface area contributed by atoms with Crippen LogP contribution in [0.1, 0.15) is 38.5 Å². The maximum atomic E-state index is 13.3. The number of alkyl halides is 1. The van der Waals surface area contributed by atoms with E-state index >= 15 is 0 Å². The predicted octanol–water partition coefficient (Wildman–Crippen LogP) is 3.41. The van der Waals surface area contributed by atoms with Crippen molar-refractivity contribution in [3.05, 3.63) is 0 Å². The molecule has 1 fully saturated rings. The van der Waals surface area contributed by atoms with Crippen LogP contribution in [-0.2, 0) is 0 Å². The van der Waals surface area contributed by atoms with Crippen LogP contribution in [0, 0.1) is 0 Å². The molecule has 0 unspecified atom stereocenters. The molecule has 2 heteroatoms. The van der Waals surface area contributed by atoms with Gasteiger partial charge in [-0.15, -0.1) is 0 Å². The summed E-state index contributed by atoms with van der Waals surface area (Å²) in [5.74, 6) is 0. The van der Waals surface area contributed by atoms with Crippen LogP contribution in [0.15, 0.2) is 0 Å². The zero-order valence-electron chi connectivity index (χ0n) is 7.18. The highest BCUT2D eigenvalue weighted by Crippen LogP contribution is 2.27. The molecule has 0 aromatic heterocycles. The quantitative estimate of drug-likeness (QED) is 0.590. The van der Waals surface area contributed by atoms with Crippen LogP contribution in [0.5, 0.6) is 0 Å². The first-order chi connectivity index (χ1) is 5.34. The van der Waals surface area contributed by atoms with Crippen molar-refractivity contribution >= 4 is 11.8 Å². The SMILES string of the molecule is CS[C@@H]1CCCCCC[C@H]1F. The van der Waals surface area contributed by atoms with Gasteiger partial charge in [-0.1, -0.05) is 25.7 Å². The van der Waals surface area contributed by atoms with Crippen molar-refractivity contribution in [2.24, 2.45) is 0 Å². The van der Waals surface area contributed by atoms with Crippen molar-refractivity contribution in [3.63, 3.8) is 0 Å². The van der Waals surface area contributed by atoms with Gasteiger partial charge in [-0.25, -0.2) is 4.39 Å². The maximum Gasteiger partial charge on any atom is 0.112 e. The van der Waals surface area contributed by atoms with Crippen molar-refractivity contribution in [1.82, 2.24) is 0 Å². The first-order valence-corrected chi connectivity index (χ1v) is 5.80. The van der Waals surface area contributed by atoms with Crippen LogP contribution < -0.4 is 0 Å². The van der Waals surface area contributed by atoms with E-state index in [0.717, 1.165) is 19.3 Å². The van der Waals surface area contributed by atoms with Crippen LogP contribution in [-0.4, -0.2) is 17.7 Å². The van der Waals surface area contributed by atoms with Gasteiger partial charge in [0, 0.05) is 5.25 Å². The van der Waals surface area contributed by atoms with E-state index in [4.69, 9.17) is 0 Å². The van der Waals surface area contributed by atoms with Gasteiger partial charge >= 0.3 is 0 Å². The molecule has 1 aliphatic rings. The van der Waals surface area contributed by atoms with Crippen molar-refractivity contribution in [2.45, 2.75) is 49.9 Å². The van der Waals surface area contributed by atoms with Gasteiger partial charge in [-0.2, -0.15) is 11.8 Å². The molecule has 0 nitrogen and oxygen atoms in total. The predicted molar refractivity (Wildman–Crippen MR) is 49.9 cm³/mol. The van der Waals surface area contributed by atoms with Gasteiger partial charge in [-0.3, -0.25) is 0 Å². The summed E-state index contributed by atoms with van der Waals surface area (Å²) in [7, 11) is 0. The minimum absolute atomic E-state index is 0.287. The highest BCUT2D eigenvalue weighted by atomic mass is 32.2. The molecule has 0 aromatic rings. The molecule has 0 bridgehead atoms. The second-order valence-corrected chi connectivity index (χ2v) is 4.36. The number of hydrogen-bond donors (Lipinski definition) is 0. The van der Waals surface area contributed by atoms with Crippen LogP contribution in [0.2, 0.25) is 0 Å². The minimum Gasteiger partial charge on any atom is -0.246 e. The van der Waals surface area contributed by atoms with Gasteiger partial charge in [-0.05, 0) is 19.1 Å². The van der Waals surface area contributed by atoms with Gasteiger partial charge in [0.2, 0.25) is 0 Å². The van der Waals surface area contributed by atoms with Crippen LogP contribution in [0.4, 0.5) is 4.39 Å². The maximum absolute atomic E-state index is 13.3. The Balaban J connectivity index is 2.33. The molecule has 0 aliphatic heterocycles. The standard InChI is InChI=1S/C9H17FS/c1-11-9-7-5-3-2-4-6-8(9)10/h8-9H,2-7H2,1H3/t8-,9-/m1/s1. The second-order valence-electron chi connectivity index (χ2n) is 3.28. The van der Waals surface area contributed by atoms with E-state index in [1.54, 1.807) is 11.8 Å². The van der Waals surface area contributed by atoms with Crippen LogP contribution >= 0.6 is 11.8 Å². The molecular formula is C9H17FS. The zero-order chi connectivity index (χ0) is 8.10. The lowest BCUT2D eigenvalue weighted by Crippen LogP contribution is -2.19. The van der Waals surface area contributed by atoms with Crippen LogP contribution in [0.3, 0.4) is 0 Å². The minimum atomic E-state index is -0.537. The van der Waals surface area contributed by atoms with Gasteiger partial charge in [0.25, 0.3) is 0 Å². The van der Waals surface area contributed by atoms with Gasteiger partial charge in [0.1, 0.15) is 6.17 Å². The average Bonchev–Trinajstić information content (AvgIpc) is 1.98. The van der Waals surface area contributed by atoms with Crippen molar-refractivity contribution in [2.75, 3.05) is 6.26 Å². The highest BCUT2D eigenvalue weighted by molar-refractivity contribution is 7.99. The molecule has 66 valence electrons. The number of hydrogen-bond acceptors (Lipinski definition) is 1. The largest absolute Gasteiger partial charge is 0.246 e. The molecule has 0 spiro atoms. The normalized spacial score (nSPS) is 34.4. The molecule has 0 amide bonds. The van der Waals surface area contributed by atoms with Gasteiger partial charge in [0.05, 0.1) is 0 Å². The van der Waals surface area contributed by atoms with E-state index in [1.807, 2.05) is 6.26 Å². The topological polar surface area (TPSA) is 0 Å². The fourth-order valence-electron chi connectivity index (χ4n) is 1.67. The molecule has 0 saturated heterocycles. The molecule has 0 radical (unpaired) electrons. The zero-order valence-corrected chi connectivity index (χ0v) is 8.00. The lowest BCUT2D eigenvalue weighted by molar-refractivity contribution is 0.276. The smallest absolute Gasteiger partial charge is 0.112 e.